The van der Waals surface area contributed by atoms with Crippen molar-refractivity contribution in [2.45, 2.75) is 65.5 Å². The zero-order valence-electron chi connectivity index (χ0n) is 15.7. The van der Waals surface area contributed by atoms with Crippen LogP contribution in [0.25, 0.3) is 0 Å². The molecule has 0 aromatic rings. The third-order valence-electron chi connectivity index (χ3n) is 4.79. The molecule has 1 aliphatic rings. The predicted octanol–water partition coefficient (Wildman–Crippen LogP) is 1.53. The number of rotatable bonds is 9. The van der Waals surface area contributed by atoms with Gasteiger partial charge in [-0.3, -0.25) is 9.59 Å². The Hall–Kier alpha value is -1.14. The van der Waals surface area contributed by atoms with Crippen LogP contribution in [0.2, 0.25) is 0 Å². The molecule has 1 heterocycles. The molecule has 0 saturated carbocycles. The minimum atomic E-state index is -0.429. The topological polar surface area (TPSA) is 84.7 Å². The van der Waals surface area contributed by atoms with E-state index in [9.17, 15) is 9.59 Å². The zero-order valence-corrected chi connectivity index (χ0v) is 15.7. The standard InChI is InChI=1S/C18H35N3O3/c1-5-14(4)16(19)18(23)21-10-7-15(8-11-21)17(22)20-9-6-12-24-13(2)3/h13-16H,5-12,19H2,1-4H3,(H,20,22). The van der Waals surface area contributed by atoms with E-state index in [1.165, 1.54) is 0 Å². The highest BCUT2D eigenvalue weighted by molar-refractivity contribution is 5.83. The van der Waals surface area contributed by atoms with Gasteiger partial charge in [-0.25, -0.2) is 0 Å². The molecule has 2 amide bonds. The van der Waals surface area contributed by atoms with Gasteiger partial charge in [-0.2, -0.15) is 0 Å². The van der Waals surface area contributed by atoms with E-state index in [0.29, 0.717) is 39.1 Å². The molecule has 6 heteroatoms. The Bertz CT molecular complexity index is 393. The SMILES string of the molecule is CCC(C)C(N)C(=O)N1CCC(C(=O)NCCCOC(C)C)CC1. The summed E-state index contributed by atoms with van der Waals surface area (Å²) in [4.78, 5) is 26.4. The van der Waals surface area contributed by atoms with Gasteiger partial charge >= 0.3 is 0 Å². The number of likely N-dealkylation sites (tertiary alicyclic amines) is 1. The first-order chi connectivity index (χ1) is 11.4. The predicted molar refractivity (Wildman–Crippen MR) is 95.4 cm³/mol. The maximum Gasteiger partial charge on any atom is 0.239 e. The number of hydrogen-bond acceptors (Lipinski definition) is 4. The summed E-state index contributed by atoms with van der Waals surface area (Å²) in [6.07, 6.45) is 3.38. The van der Waals surface area contributed by atoms with E-state index in [4.69, 9.17) is 10.5 Å². The van der Waals surface area contributed by atoms with Gasteiger partial charge in [-0.05, 0) is 39.0 Å². The quantitative estimate of drug-likeness (QED) is 0.623. The lowest BCUT2D eigenvalue weighted by Crippen LogP contribution is -2.50. The molecule has 3 N–H and O–H groups in total. The van der Waals surface area contributed by atoms with E-state index in [1.807, 2.05) is 32.6 Å². The first-order valence-electron chi connectivity index (χ1n) is 9.30. The molecule has 0 bridgehead atoms. The summed E-state index contributed by atoms with van der Waals surface area (Å²) in [6, 6.07) is -0.429. The van der Waals surface area contributed by atoms with Crippen molar-refractivity contribution in [2.24, 2.45) is 17.6 Å². The van der Waals surface area contributed by atoms with Crippen LogP contribution in [0.1, 0.15) is 53.4 Å². The fourth-order valence-electron chi connectivity index (χ4n) is 2.82. The molecule has 2 unspecified atom stereocenters. The summed E-state index contributed by atoms with van der Waals surface area (Å²) < 4.78 is 5.45. The lowest BCUT2D eigenvalue weighted by atomic mass is 9.93. The summed E-state index contributed by atoms with van der Waals surface area (Å²) in [5, 5.41) is 2.97. The van der Waals surface area contributed by atoms with Crippen LogP contribution in [0.3, 0.4) is 0 Å². The fraction of sp³-hybridized carbons (Fsp3) is 0.889. The number of piperidine rings is 1. The summed E-state index contributed by atoms with van der Waals surface area (Å²) >= 11 is 0. The minimum absolute atomic E-state index is 0.000102. The third kappa shape index (κ3) is 6.77. The van der Waals surface area contributed by atoms with Crippen LogP contribution in [0.4, 0.5) is 0 Å². The highest BCUT2D eigenvalue weighted by Gasteiger charge is 2.30. The van der Waals surface area contributed by atoms with Gasteiger partial charge in [0.05, 0.1) is 12.1 Å². The number of carbonyl (C=O) groups is 2. The van der Waals surface area contributed by atoms with Crippen LogP contribution in [0.15, 0.2) is 0 Å². The Balaban J connectivity index is 2.27. The van der Waals surface area contributed by atoms with Crippen LogP contribution < -0.4 is 11.1 Å². The molecule has 140 valence electrons. The molecule has 0 spiro atoms. The van der Waals surface area contributed by atoms with Gasteiger partial charge in [0.2, 0.25) is 11.8 Å². The summed E-state index contributed by atoms with van der Waals surface area (Å²) in [6.45, 7) is 10.6. The van der Waals surface area contributed by atoms with Gasteiger partial charge in [-0.1, -0.05) is 20.3 Å². The molecule has 1 saturated heterocycles. The highest BCUT2D eigenvalue weighted by atomic mass is 16.5. The molecule has 1 rings (SSSR count). The van der Waals surface area contributed by atoms with Crippen molar-refractivity contribution >= 4 is 11.8 Å². The van der Waals surface area contributed by atoms with Crippen molar-refractivity contribution < 1.29 is 14.3 Å². The number of hydrogen-bond donors (Lipinski definition) is 2. The van der Waals surface area contributed by atoms with Crippen molar-refractivity contribution in [3.63, 3.8) is 0 Å². The molecule has 2 atom stereocenters. The van der Waals surface area contributed by atoms with Crippen LogP contribution in [-0.4, -0.2) is 55.1 Å². The molecule has 6 nitrogen and oxygen atoms in total. The molecule has 0 aliphatic carbocycles. The Morgan fingerprint density at radius 1 is 1.25 bits per heavy atom. The van der Waals surface area contributed by atoms with Gasteiger partial charge < -0.3 is 20.7 Å². The smallest absolute Gasteiger partial charge is 0.239 e. The van der Waals surface area contributed by atoms with Crippen molar-refractivity contribution in [2.75, 3.05) is 26.2 Å². The number of ether oxygens (including phenoxy) is 1. The third-order valence-corrected chi connectivity index (χ3v) is 4.79. The lowest BCUT2D eigenvalue weighted by Gasteiger charge is -2.34. The molecular weight excluding hydrogens is 306 g/mol. The Kier molecular flexibility index (Phi) is 9.29. The number of nitrogens with two attached hydrogens (primary N) is 1. The number of carbonyl (C=O) groups excluding carboxylic acids is 2. The van der Waals surface area contributed by atoms with E-state index in [2.05, 4.69) is 5.32 Å². The minimum Gasteiger partial charge on any atom is -0.379 e. The van der Waals surface area contributed by atoms with Gasteiger partial charge in [0.15, 0.2) is 0 Å². The number of nitrogens with one attached hydrogen (secondary N) is 1. The molecule has 1 aliphatic heterocycles. The van der Waals surface area contributed by atoms with Crippen molar-refractivity contribution in [1.29, 1.82) is 0 Å². The Morgan fingerprint density at radius 3 is 2.42 bits per heavy atom. The first kappa shape index (κ1) is 20.9. The van der Waals surface area contributed by atoms with E-state index >= 15 is 0 Å². The molecule has 24 heavy (non-hydrogen) atoms. The summed E-state index contributed by atoms with van der Waals surface area (Å²) in [7, 11) is 0. The highest BCUT2D eigenvalue weighted by Crippen LogP contribution is 2.19. The second-order valence-electron chi connectivity index (χ2n) is 7.08. The summed E-state index contributed by atoms with van der Waals surface area (Å²) in [5.74, 6) is 0.304. The van der Waals surface area contributed by atoms with Crippen molar-refractivity contribution in [3.8, 4) is 0 Å². The molecule has 1 fully saturated rings. The van der Waals surface area contributed by atoms with Crippen LogP contribution in [-0.2, 0) is 14.3 Å². The van der Waals surface area contributed by atoms with Crippen molar-refractivity contribution in [3.05, 3.63) is 0 Å². The van der Waals surface area contributed by atoms with E-state index < -0.39 is 6.04 Å². The first-order valence-corrected chi connectivity index (χ1v) is 9.30. The maximum absolute atomic E-state index is 12.4. The van der Waals surface area contributed by atoms with Gasteiger partial charge in [0.25, 0.3) is 0 Å². The van der Waals surface area contributed by atoms with Crippen LogP contribution in [0.5, 0.6) is 0 Å². The number of amides is 2. The lowest BCUT2D eigenvalue weighted by molar-refractivity contribution is -0.137. The normalized spacial score (nSPS) is 18.5. The molecular formula is C18H35N3O3. The Labute approximate surface area is 146 Å². The second-order valence-corrected chi connectivity index (χ2v) is 7.08. The van der Waals surface area contributed by atoms with Crippen LogP contribution >= 0.6 is 0 Å². The summed E-state index contributed by atoms with van der Waals surface area (Å²) in [5.41, 5.74) is 6.03. The van der Waals surface area contributed by atoms with Crippen molar-refractivity contribution in [1.82, 2.24) is 10.2 Å². The van der Waals surface area contributed by atoms with Gasteiger partial charge in [-0.15, -0.1) is 0 Å². The largest absolute Gasteiger partial charge is 0.379 e. The van der Waals surface area contributed by atoms with E-state index in [0.717, 1.165) is 12.8 Å². The fourth-order valence-corrected chi connectivity index (χ4v) is 2.82. The maximum atomic E-state index is 12.4. The molecule has 0 aromatic heterocycles. The average Bonchev–Trinajstić information content (AvgIpc) is 2.59. The average molecular weight is 341 g/mol. The van der Waals surface area contributed by atoms with Crippen LogP contribution in [0, 0.1) is 11.8 Å². The zero-order chi connectivity index (χ0) is 18.1. The Morgan fingerprint density at radius 2 is 1.88 bits per heavy atom. The van der Waals surface area contributed by atoms with Gasteiger partial charge in [0.1, 0.15) is 0 Å². The van der Waals surface area contributed by atoms with E-state index in [-0.39, 0.29) is 29.8 Å². The monoisotopic (exact) mass is 341 g/mol. The van der Waals surface area contributed by atoms with Gasteiger partial charge in [0, 0.05) is 32.2 Å². The molecule has 0 aromatic carbocycles. The molecule has 0 radical (unpaired) electrons. The van der Waals surface area contributed by atoms with E-state index in [1.54, 1.807) is 0 Å². The number of nitrogens with zero attached hydrogens (tertiary/aromatic N) is 1. The second kappa shape index (κ2) is 10.7.